The van der Waals surface area contributed by atoms with Gasteiger partial charge in [-0.3, -0.25) is 4.79 Å². The van der Waals surface area contributed by atoms with Crippen LogP contribution in [-0.4, -0.2) is 23.6 Å². The third kappa shape index (κ3) is 0.916. The zero-order valence-electron chi connectivity index (χ0n) is 4.63. The summed E-state index contributed by atoms with van der Waals surface area (Å²) in [5.74, 6) is 0.0255. The fourth-order valence-electron chi connectivity index (χ4n) is 0.619. The van der Waals surface area contributed by atoms with E-state index in [0.29, 0.717) is 0 Å². The fourth-order valence-corrected chi connectivity index (χ4v) is 1.16. The Bertz CT molecular complexity index is 132. The van der Waals surface area contributed by atoms with Crippen LogP contribution in [0.3, 0.4) is 0 Å². The van der Waals surface area contributed by atoms with Crippen molar-refractivity contribution in [3.63, 3.8) is 0 Å². The molecule has 8 heavy (non-hydrogen) atoms. The molecule has 0 aromatic rings. The minimum absolute atomic E-state index is 0.0255. The van der Waals surface area contributed by atoms with E-state index in [2.05, 4.69) is 4.99 Å². The summed E-state index contributed by atoms with van der Waals surface area (Å²) in [5, 5.41) is 0.120. The van der Waals surface area contributed by atoms with E-state index in [0.717, 1.165) is 6.42 Å². The lowest BCUT2D eigenvalue weighted by Crippen LogP contribution is -2.07. The van der Waals surface area contributed by atoms with Gasteiger partial charge in [0, 0.05) is 12.6 Å². The van der Waals surface area contributed by atoms with E-state index in [1.165, 1.54) is 0 Å². The highest BCUT2D eigenvalue weighted by atomic mass is 32.2. The van der Waals surface area contributed by atoms with Gasteiger partial charge < -0.3 is 0 Å². The lowest BCUT2D eigenvalue weighted by molar-refractivity contribution is -0.116. The molecule has 1 amide bonds. The second-order valence-electron chi connectivity index (χ2n) is 1.61. The van der Waals surface area contributed by atoms with Crippen molar-refractivity contribution in [2.45, 2.75) is 11.7 Å². The minimum Gasteiger partial charge on any atom is -0.271 e. The van der Waals surface area contributed by atoms with E-state index in [1.54, 1.807) is 18.0 Å². The normalized spacial score (nSPS) is 27.1. The van der Waals surface area contributed by atoms with Crippen LogP contribution in [-0.2, 0) is 4.79 Å². The number of carbonyl (C=O) groups is 1. The number of hydrogen-bond acceptors (Lipinski definition) is 2. The van der Waals surface area contributed by atoms with Crippen molar-refractivity contribution in [2.75, 3.05) is 6.26 Å². The predicted octanol–water partition coefficient (Wildman–Crippen LogP) is 0.719. The van der Waals surface area contributed by atoms with Crippen LogP contribution in [0.1, 0.15) is 6.42 Å². The van der Waals surface area contributed by atoms with Crippen molar-refractivity contribution < 1.29 is 4.79 Å². The molecule has 1 aliphatic heterocycles. The molecule has 3 heteroatoms. The van der Waals surface area contributed by atoms with Gasteiger partial charge in [-0.2, -0.15) is 11.8 Å². The van der Waals surface area contributed by atoms with Crippen molar-refractivity contribution in [1.82, 2.24) is 0 Å². The van der Waals surface area contributed by atoms with Gasteiger partial charge in [0.2, 0.25) is 0 Å². The Hall–Kier alpha value is -0.310. The van der Waals surface area contributed by atoms with Crippen molar-refractivity contribution in [3.8, 4) is 0 Å². The maximum atomic E-state index is 10.6. The number of rotatable bonds is 1. The first kappa shape index (κ1) is 5.82. The van der Waals surface area contributed by atoms with Crippen molar-refractivity contribution in [1.29, 1.82) is 0 Å². The van der Waals surface area contributed by atoms with Gasteiger partial charge in [-0.25, -0.2) is 4.99 Å². The Labute approximate surface area is 52.4 Å². The molecule has 1 heterocycles. The summed E-state index contributed by atoms with van der Waals surface area (Å²) in [6.07, 6.45) is 4.43. The zero-order valence-corrected chi connectivity index (χ0v) is 5.44. The lowest BCUT2D eigenvalue weighted by Gasteiger charge is -1.96. The van der Waals surface area contributed by atoms with Gasteiger partial charge in [0.25, 0.3) is 5.91 Å². The monoisotopic (exact) mass is 129 g/mol. The summed E-state index contributed by atoms with van der Waals surface area (Å²) >= 11 is 1.57. The molecule has 0 fully saturated rings. The van der Waals surface area contributed by atoms with E-state index in [9.17, 15) is 4.79 Å². The van der Waals surface area contributed by atoms with Gasteiger partial charge in [-0.05, 0) is 6.26 Å². The zero-order chi connectivity index (χ0) is 5.98. The van der Waals surface area contributed by atoms with Gasteiger partial charge >= 0.3 is 0 Å². The molecule has 0 aromatic carbocycles. The summed E-state index contributed by atoms with van der Waals surface area (Å²) < 4.78 is 0. The lowest BCUT2D eigenvalue weighted by atomic mass is 10.4. The van der Waals surface area contributed by atoms with E-state index in [4.69, 9.17) is 0 Å². The molecular formula is C5H7NOS. The summed E-state index contributed by atoms with van der Waals surface area (Å²) in [4.78, 5) is 14.2. The number of aliphatic imine (C=N–C) groups is 1. The van der Waals surface area contributed by atoms with Gasteiger partial charge in [0.05, 0.1) is 5.25 Å². The second-order valence-corrected chi connectivity index (χ2v) is 2.65. The second kappa shape index (κ2) is 2.31. The van der Waals surface area contributed by atoms with E-state index >= 15 is 0 Å². The van der Waals surface area contributed by atoms with Gasteiger partial charge in [0.1, 0.15) is 0 Å². The van der Waals surface area contributed by atoms with E-state index < -0.39 is 0 Å². The van der Waals surface area contributed by atoms with Crippen molar-refractivity contribution in [3.05, 3.63) is 0 Å². The average molecular weight is 129 g/mol. The Kier molecular flexibility index (Phi) is 1.68. The molecule has 2 nitrogen and oxygen atoms in total. The number of thioether (sulfide) groups is 1. The molecule has 1 rings (SSSR count). The molecule has 0 N–H and O–H groups in total. The highest BCUT2D eigenvalue weighted by Crippen LogP contribution is 2.15. The van der Waals surface area contributed by atoms with Crippen LogP contribution in [0.25, 0.3) is 0 Å². The third-order valence-electron chi connectivity index (χ3n) is 1.10. The molecular weight excluding hydrogens is 122 g/mol. The molecule has 1 unspecified atom stereocenters. The summed E-state index contributed by atoms with van der Waals surface area (Å²) in [6.45, 7) is 0. The summed E-state index contributed by atoms with van der Waals surface area (Å²) in [7, 11) is 0. The van der Waals surface area contributed by atoms with Crippen LogP contribution in [0.15, 0.2) is 4.99 Å². The van der Waals surface area contributed by atoms with Crippen LogP contribution in [0.5, 0.6) is 0 Å². The van der Waals surface area contributed by atoms with Crippen LogP contribution in [0.2, 0.25) is 0 Å². The maximum absolute atomic E-state index is 10.6. The van der Waals surface area contributed by atoms with E-state index in [1.807, 2.05) is 6.26 Å². The first-order chi connectivity index (χ1) is 3.84. The smallest absolute Gasteiger partial charge is 0.258 e. The molecule has 44 valence electrons. The van der Waals surface area contributed by atoms with Gasteiger partial charge in [-0.1, -0.05) is 0 Å². The molecule has 0 radical (unpaired) electrons. The highest BCUT2D eigenvalue weighted by Gasteiger charge is 2.18. The predicted molar refractivity (Wildman–Crippen MR) is 35.4 cm³/mol. The average Bonchev–Trinajstić information content (AvgIpc) is 2.14. The Morgan fingerprint density at radius 3 is 3.00 bits per heavy atom. The van der Waals surface area contributed by atoms with Crippen molar-refractivity contribution >= 4 is 23.9 Å². The number of hydrogen-bond donors (Lipinski definition) is 0. The third-order valence-corrected chi connectivity index (χ3v) is 2.06. The highest BCUT2D eigenvalue weighted by molar-refractivity contribution is 8.00. The van der Waals surface area contributed by atoms with Gasteiger partial charge in [0.15, 0.2) is 0 Å². The van der Waals surface area contributed by atoms with Crippen LogP contribution in [0, 0.1) is 0 Å². The largest absolute Gasteiger partial charge is 0.271 e. The minimum atomic E-state index is 0.0255. The molecule has 1 aliphatic rings. The van der Waals surface area contributed by atoms with Gasteiger partial charge in [-0.15, -0.1) is 0 Å². The van der Waals surface area contributed by atoms with Crippen LogP contribution < -0.4 is 0 Å². The fraction of sp³-hybridized carbons (Fsp3) is 0.600. The van der Waals surface area contributed by atoms with E-state index in [-0.39, 0.29) is 11.2 Å². The molecule has 0 aliphatic carbocycles. The van der Waals surface area contributed by atoms with Crippen molar-refractivity contribution in [2.24, 2.45) is 4.99 Å². The topological polar surface area (TPSA) is 29.4 Å². The Morgan fingerprint density at radius 2 is 2.75 bits per heavy atom. The number of carbonyl (C=O) groups excluding carboxylic acids is 1. The maximum Gasteiger partial charge on any atom is 0.258 e. The Balaban J connectivity index is 2.51. The molecule has 0 spiro atoms. The molecule has 0 saturated heterocycles. The SMILES string of the molecule is CSC1CC=NC1=O. The quantitative estimate of drug-likeness (QED) is 0.522. The molecule has 1 atom stereocenters. The molecule has 0 aromatic heterocycles. The summed E-state index contributed by atoms with van der Waals surface area (Å²) in [5.41, 5.74) is 0. The number of amides is 1. The van der Waals surface area contributed by atoms with Crippen LogP contribution in [0.4, 0.5) is 0 Å². The first-order valence-corrected chi connectivity index (χ1v) is 3.72. The standard InChI is InChI=1S/C5H7NOS/c1-8-4-2-3-6-5(4)7/h3-4H,2H2,1H3. The number of nitrogens with zero attached hydrogens (tertiary/aromatic N) is 1. The van der Waals surface area contributed by atoms with Crippen LogP contribution >= 0.6 is 11.8 Å². The first-order valence-electron chi connectivity index (χ1n) is 2.44. The summed E-state index contributed by atoms with van der Waals surface area (Å²) in [6, 6.07) is 0. The molecule has 0 bridgehead atoms. The molecule has 0 saturated carbocycles. The Morgan fingerprint density at radius 1 is 2.00 bits per heavy atom.